The zero-order valence-electron chi connectivity index (χ0n) is 20.7. The quantitative estimate of drug-likeness (QED) is 0.442. The predicted molar refractivity (Wildman–Crippen MR) is 124 cm³/mol. The Morgan fingerprint density at radius 3 is 2.37 bits per heavy atom. The molecule has 0 aromatic heterocycles. The highest BCUT2D eigenvalue weighted by molar-refractivity contribution is 5.99. The molecule has 0 aromatic carbocycles. The van der Waals surface area contributed by atoms with Crippen LogP contribution in [0.2, 0.25) is 0 Å². The molecule has 0 saturated heterocycles. The Labute approximate surface area is 184 Å². The number of nitrogens with one attached hydrogen (secondary N) is 1. The highest BCUT2D eigenvalue weighted by atomic mass is 16.6. The van der Waals surface area contributed by atoms with E-state index in [4.69, 9.17) is 4.84 Å². The third kappa shape index (κ3) is 2.01. The SMILES string of the molecule is CN[C@H]1CCC23[C@@H](C)[C@]24CC[C@]2(C)C(/C(C)=N\OC)=CC[C@@]2(C)[C@@H]4CC[C@H]3C1(C)C. The number of allylic oxidation sites excluding steroid dienone is 2. The smallest absolute Gasteiger partial charge is 0.106 e. The summed E-state index contributed by atoms with van der Waals surface area (Å²) in [6, 6.07) is 0.673. The van der Waals surface area contributed by atoms with E-state index >= 15 is 0 Å². The molecular weight excluding hydrogens is 368 g/mol. The lowest BCUT2D eigenvalue weighted by Crippen LogP contribution is -2.59. The molecule has 1 N–H and O–H groups in total. The third-order valence-corrected chi connectivity index (χ3v) is 12.3. The summed E-state index contributed by atoms with van der Waals surface area (Å²) in [5, 5.41) is 8.06. The molecule has 4 fully saturated rings. The van der Waals surface area contributed by atoms with Gasteiger partial charge in [-0.05, 0) is 104 Å². The molecule has 5 rings (SSSR count). The molecule has 30 heavy (non-hydrogen) atoms. The van der Waals surface area contributed by atoms with E-state index in [-0.39, 0.29) is 5.41 Å². The van der Waals surface area contributed by atoms with Crippen molar-refractivity contribution >= 4 is 5.71 Å². The second-order valence-corrected chi connectivity index (χ2v) is 12.6. The summed E-state index contributed by atoms with van der Waals surface area (Å²) in [6.07, 6.45) is 12.1. The second kappa shape index (κ2) is 6.15. The van der Waals surface area contributed by atoms with Gasteiger partial charge in [-0.3, -0.25) is 0 Å². The Kier molecular flexibility index (Phi) is 4.31. The van der Waals surface area contributed by atoms with Crippen LogP contribution in [-0.2, 0) is 4.84 Å². The van der Waals surface area contributed by atoms with E-state index in [9.17, 15) is 0 Å². The van der Waals surface area contributed by atoms with Crippen LogP contribution in [0.1, 0.15) is 86.5 Å². The number of rotatable bonds is 3. The topological polar surface area (TPSA) is 33.6 Å². The molecule has 0 amide bonds. The summed E-state index contributed by atoms with van der Waals surface area (Å²) in [7, 11) is 3.86. The normalized spacial score (nSPS) is 53.7. The molecule has 3 nitrogen and oxygen atoms in total. The minimum absolute atomic E-state index is 0.239. The maximum atomic E-state index is 5.18. The highest BCUT2D eigenvalue weighted by Crippen LogP contribution is 2.90. The number of nitrogens with zero attached hydrogens (tertiary/aromatic N) is 1. The molecule has 168 valence electrons. The van der Waals surface area contributed by atoms with Crippen LogP contribution in [0, 0.1) is 44.8 Å². The highest BCUT2D eigenvalue weighted by Gasteiger charge is 2.85. The van der Waals surface area contributed by atoms with Crippen molar-refractivity contribution in [2.24, 2.45) is 50.0 Å². The fourth-order valence-corrected chi connectivity index (χ4v) is 10.9. The van der Waals surface area contributed by atoms with Crippen molar-refractivity contribution in [1.82, 2.24) is 5.32 Å². The molecule has 3 heteroatoms. The maximum Gasteiger partial charge on any atom is 0.106 e. The molecule has 8 atom stereocenters. The molecule has 2 spiro atoms. The number of hydrogen-bond donors (Lipinski definition) is 1. The summed E-state index contributed by atoms with van der Waals surface area (Å²) >= 11 is 0. The number of hydrogen-bond acceptors (Lipinski definition) is 3. The predicted octanol–water partition coefficient (Wildman–Crippen LogP) is 6.20. The minimum atomic E-state index is 0.239. The Morgan fingerprint density at radius 2 is 1.70 bits per heavy atom. The first kappa shape index (κ1) is 21.0. The van der Waals surface area contributed by atoms with Crippen LogP contribution >= 0.6 is 0 Å². The van der Waals surface area contributed by atoms with Gasteiger partial charge in [-0.25, -0.2) is 0 Å². The lowest BCUT2D eigenvalue weighted by molar-refractivity contribution is -0.126. The Balaban J connectivity index is 1.54. The van der Waals surface area contributed by atoms with Crippen LogP contribution in [0.25, 0.3) is 0 Å². The molecule has 5 aliphatic carbocycles. The zero-order chi connectivity index (χ0) is 21.7. The molecule has 5 aliphatic rings. The molecule has 1 unspecified atom stereocenters. The first-order valence-electron chi connectivity index (χ1n) is 12.5. The third-order valence-electron chi connectivity index (χ3n) is 12.3. The van der Waals surface area contributed by atoms with Crippen molar-refractivity contribution in [3.8, 4) is 0 Å². The van der Waals surface area contributed by atoms with Gasteiger partial charge in [0.2, 0.25) is 0 Å². The van der Waals surface area contributed by atoms with Crippen molar-refractivity contribution < 1.29 is 4.84 Å². The minimum Gasteiger partial charge on any atom is -0.399 e. The van der Waals surface area contributed by atoms with Gasteiger partial charge in [0.25, 0.3) is 0 Å². The van der Waals surface area contributed by atoms with Gasteiger partial charge in [0.15, 0.2) is 0 Å². The summed E-state index contributed by atoms with van der Waals surface area (Å²) in [5.74, 6) is 2.61. The van der Waals surface area contributed by atoms with E-state index in [1.165, 1.54) is 50.5 Å². The van der Waals surface area contributed by atoms with E-state index in [0.717, 1.165) is 23.5 Å². The van der Waals surface area contributed by atoms with Gasteiger partial charge in [0, 0.05) is 11.5 Å². The Morgan fingerprint density at radius 1 is 1.03 bits per heavy atom. The van der Waals surface area contributed by atoms with Gasteiger partial charge in [0.1, 0.15) is 7.11 Å². The van der Waals surface area contributed by atoms with Gasteiger partial charge in [-0.1, -0.05) is 45.9 Å². The first-order valence-corrected chi connectivity index (χ1v) is 12.5. The zero-order valence-corrected chi connectivity index (χ0v) is 20.7. The van der Waals surface area contributed by atoms with Crippen LogP contribution in [-0.4, -0.2) is 25.9 Å². The van der Waals surface area contributed by atoms with Gasteiger partial charge in [-0.2, -0.15) is 0 Å². The second-order valence-electron chi connectivity index (χ2n) is 12.6. The summed E-state index contributed by atoms with van der Waals surface area (Å²) in [4.78, 5) is 5.18. The fourth-order valence-electron chi connectivity index (χ4n) is 10.9. The maximum absolute atomic E-state index is 5.18. The molecular formula is C27H44N2O. The standard InChI is InChI=1S/C27H44N2O/c1-17(29-30-8)19-11-13-25(6)21-10-9-20-23(3,4)22(28-7)12-14-26(20)18(2)27(21,26)16-15-24(19,25)5/h11,18,20-22,28H,9-10,12-16H2,1-8H3/b29-17-/t18-,20+,21+,22+,24-,25+,26?,27+/m1/s1. The monoisotopic (exact) mass is 412 g/mol. The molecule has 0 aliphatic heterocycles. The van der Waals surface area contributed by atoms with Crippen molar-refractivity contribution in [3.63, 3.8) is 0 Å². The van der Waals surface area contributed by atoms with Crippen LogP contribution < -0.4 is 5.32 Å². The summed E-state index contributed by atoms with van der Waals surface area (Å²) in [5.41, 5.74) is 4.75. The molecule has 0 bridgehead atoms. The van der Waals surface area contributed by atoms with Gasteiger partial charge in [0.05, 0.1) is 5.71 Å². The van der Waals surface area contributed by atoms with Crippen LogP contribution in [0.3, 0.4) is 0 Å². The largest absolute Gasteiger partial charge is 0.399 e. The summed E-state index contributed by atoms with van der Waals surface area (Å²) in [6.45, 7) is 15.2. The molecule has 0 radical (unpaired) electrons. The average Bonchev–Trinajstić information content (AvgIpc) is 3.08. The average molecular weight is 413 g/mol. The van der Waals surface area contributed by atoms with Crippen LogP contribution in [0.4, 0.5) is 0 Å². The molecule has 0 aromatic rings. The molecule has 0 heterocycles. The van der Waals surface area contributed by atoms with Crippen LogP contribution in [0.15, 0.2) is 16.8 Å². The summed E-state index contributed by atoms with van der Waals surface area (Å²) < 4.78 is 0. The van der Waals surface area contributed by atoms with E-state index in [2.05, 4.69) is 65.1 Å². The lowest BCUT2D eigenvalue weighted by Gasteiger charge is -2.63. The van der Waals surface area contributed by atoms with E-state index < -0.39 is 0 Å². The van der Waals surface area contributed by atoms with Crippen LogP contribution in [0.5, 0.6) is 0 Å². The Bertz CT molecular complexity index is 814. The lowest BCUT2D eigenvalue weighted by atomic mass is 9.42. The van der Waals surface area contributed by atoms with E-state index in [1.54, 1.807) is 7.11 Å². The number of fused-ring (bicyclic) bond motifs is 2. The first-order chi connectivity index (χ1) is 14.1. The number of oxime groups is 1. The van der Waals surface area contributed by atoms with Crippen molar-refractivity contribution in [2.45, 2.75) is 92.5 Å². The molecule has 4 saturated carbocycles. The van der Waals surface area contributed by atoms with E-state index in [0.29, 0.717) is 27.7 Å². The fraction of sp³-hybridized carbons (Fsp3) is 0.889. The Hall–Kier alpha value is -0.830. The van der Waals surface area contributed by atoms with E-state index in [1.807, 2.05) is 0 Å². The van der Waals surface area contributed by atoms with Gasteiger partial charge < -0.3 is 10.2 Å². The van der Waals surface area contributed by atoms with Crippen molar-refractivity contribution in [1.29, 1.82) is 0 Å². The van der Waals surface area contributed by atoms with Gasteiger partial charge in [-0.15, -0.1) is 0 Å². The van der Waals surface area contributed by atoms with Crippen molar-refractivity contribution in [2.75, 3.05) is 14.2 Å². The van der Waals surface area contributed by atoms with Gasteiger partial charge >= 0.3 is 0 Å². The van der Waals surface area contributed by atoms with Crippen molar-refractivity contribution in [3.05, 3.63) is 11.6 Å².